The largest absolute Gasteiger partial charge is 0.476 e. The Kier molecular flexibility index (Phi) is 5.77. The zero-order valence-electron chi connectivity index (χ0n) is 16.3. The van der Waals surface area contributed by atoms with Crippen LogP contribution in [0, 0.1) is 0 Å². The molecule has 4 aromatic rings. The fourth-order valence-electron chi connectivity index (χ4n) is 3.58. The molecule has 0 spiro atoms. The summed E-state index contributed by atoms with van der Waals surface area (Å²) in [6.07, 6.45) is 0. The average Bonchev–Trinajstić information content (AvgIpc) is 3.27. The highest BCUT2D eigenvalue weighted by atomic mass is 32.1. The first-order valence-electron chi connectivity index (χ1n) is 9.51. The Hall–Kier alpha value is -3.97. The van der Waals surface area contributed by atoms with Gasteiger partial charge in [0.25, 0.3) is 0 Å². The van der Waals surface area contributed by atoms with Gasteiger partial charge >= 0.3 is 5.97 Å². The normalized spacial score (nSPS) is 11.8. The summed E-state index contributed by atoms with van der Waals surface area (Å²) >= 11 is 1.24. The molecule has 31 heavy (non-hydrogen) atoms. The molecule has 1 aromatic heterocycles. The van der Waals surface area contributed by atoms with E-state index in [1.807, 2.05) is 91.0 Å². The van der Waals surface area contributed by atoms with Gasteiger partial charge in [0.15, 0.2) is 5.13 Å². The Bertz CT molecular complexity index is 1100. The van der Waals surface area contributed by atoms with Crippen molar-refractivity contribution < 1.29 is 15.1 Å². The molecule has 0 atom stereocenters. The standard InChI is InChI=1S/C24H19N3O3S/c28-22(29)21(27-30)20-16-31-23(25-20)26-24(17-10-4-1-5-11-17,18-12-6-2-7-13-18)19-14-8-3-9-15-19/h1-16,30H,(H,25,26)(H,28,29)/b27-21-. The first kappa shape index (κ1) is 20.3. The van der Waals surface area contributed by atoms with Crippen molar-refractivity contribution in [3.05, 3.63) is 119 Å². The number of benzene rings is 3. The third kappa shape index (κ3) is 3.91. The molecule has 0 bridgehead atoms. The zero-order chi connectivity index (χ0) is 21.7. The molecule has 1 heterocycles. The number of thiazole rings is 1. The van der Waals surface area contributed by atoms with Crippen molar-refractivity contribution in [1.29, 1.82) is 0 Å². The molecule has 0 saturated heterocycles. The van der Waals surface area contributed by atoms with Crippen molar-refractivity contribution in [2.75, 3.05) is 5.32 Å². The maximum absolute atomic E-state index is 11.3. The van der Waals surface area contributed by atoms with Crippen LogP contribution < -0.4 is 5.32 Å². The molecule has 0 aliphatic heterocycles. The van der Waals surface area contributed by atoms with Gasteiger partial charge in [0.2, 0.25) is 5.71 Å². The number of aliphatic carboxylic acids is 1. The number of rotatable bonds is 7. The van der Waals surface area contributed by atoms with Gasteiger partial charge in [-0.2, -0.15) is 0 Å². The number of oxime groups is 1. The Morgan fingerprint density at radius 1 is 0.839 bits per heavy atom. The highest BCUT2D eigenvalue weighted by molar-refractivity contribution is 7.14. The minimum Gasteiger partial charge on any atom is -0.476 e. The van der Waals surface area contributed by atoms with Gasteiger partial charge in [-0.1, -0.05) is 96.2 Å². The van der Waals surface area contributed by atoms with Crippen LogP contribution in [-0.4, -0.2) is 27.0 Å². The number of hydrogen-bond donors (Lipinski definition) is 3. The number of aromatic nitrogens is 1. The van der Waals surface area contributed by atoms with Crippen LogP contribution >= 0.6 is 11.3 Å². The molecule has 6 nitrogen and oxygen atoms in total. The van der Waals surface area contributed by atoms with Crippen molar-refractivity contribution in [1.82, 2.24) is 4.98 Å². The van der Waals surface area contributed by atoms with Gasteiger partial charge in [0.1, 0.15) is 11.2 Å². The summed E-state index contributed by atoms with van der Waals surface area (Å²) in [7, 11) is 0. The average molecular weight is 430 g/mol. The molecule has 0 amide bonds. The van der Waals surface area contributed by atoms with Gasteiger partial charge < -0.3 is 15.6 Å². The predicted octanol–water partition coefficient (Wildman–Crippen LogP) is 4.81. The monoisotopic (exact) mass is 429 g/mol. The lowest BCUT2D eigenvalue weighted by Gasteiger charge is -2.36. The molecule has 0 fully saturated rings. The van der Waals surface area contributed by atoms with Crippen LogP contribution in [0.25, 0.3) is 0 Å². The summed E-state index contributed by atoms with van der Waals surface area (Å²) in [5.41, 5.74) is 1.80. The van der Waals surface area contributed by atoms with Crippen molar-refractivity contribution in [3.8, 4) is 0 Å². The van der Waals surface area contributed by atoms with E-state index in [-0.39, 0.29) is 5.69 Å². The topological polar surface area (TPSA) is 94.8 Å². The first-order valence-corrected chi connectivity index (χ1v) is 10.4. The van der Waals surface area contributed by atoms with Crippen LogP contribution in [0.1, 0.15) is 22.4 Å². The van der Waals surface area contributed by atoms with E-state index in [0.717, 1.165) is 16.7 Å². The molecular weight excluding hydrogens is 410 g/mol. The Morgan fingerprint density at radius 3 is 1.68 bits per heavy atom. The minimum absolute atomic E-state index is 0.0885. The minimum atomic E-state index is -1.35. The molecule has 3 aromatic carbocycles. The van der Waals surface area contributed by atoms with E-state index in [0.29, 0.717) is 5.13 Å². The number of nitrogens with one attached hydrogen (secondary N) is 1. The number of carboxylic acid groups (broad SMARTS) is 1. The van der Waals surface area contributed by atoms with E-state index in [9.17, 15) is 9.90 Å². The van der Waals surface area contributed by atoms with E-state index >= 15 is 0 Å². The van der Waals surface area contributed by atoms with E-state index in [2.05, 4.69) is 15.5 Å². The number of carbonyl (C=O) groups is 1. The molecule has 0 saturated carbocycles. The third-order valence-corrected chi connectivity index (χ3v) is 5.72. The lowest BCUT2D eigenvalue weighted by Crippen LogP contribution is -2.38. The lowest BCUT2D eigenvalue weighted by atomic mass is 9.77. The van der Waals surface area contributed by atoms with Crippen LogP contribution in [0.3, 0.4) is 0 Å². The molecule has 0 aliphatic rings. The quantitative estimate of drug-likeness (QED) is 0.170. The third-order valence-electron chi connectivity index (χ3n) is 4.96. The van der Waals surface area contributed by atoms with Gasteiger partial charge in [-0.3, -0.25) is 0 Å². The van der Waals surface area contributed by atoms with Gasteiger partial charge in [-0.15, -0.1) is 11.3 Å². The van der Waals surface area contributed by atoms with Crippen LogP contribution in [0.15, 0.2) is 102 Å². The van der Waals surface area contributed by atoms with E-state index in [1.165, 1.54) is 11.3 Å². The summed E-state index contributed by atoms with van der Waals surface area (Å²) in [5, 5.41) is 26.8. The van der Waals surface area contributed by atoms with Gasteiger partial charge in [-0.25, -0.2) is 9.78 Å². The molecule has 0 radical (unpaired) electrons. The second-order valence-corrected chi connectivity index (χ2v) is 7.62. The molecule has 4 rings (SSSR count). The smallest absolute Gasteiger partial charge is 0.360 e. The van der Waals surface area contributed by atoms with Crippen molar-refractivity contribution in [2.45, 2.75) is 5.54 Å². The molecule has 154 valence electrons. The predicted molar refractivity (Wildman–Crippen MR) is 121 cm³/mol. The van der Waals surface area contributed by atoms with E-state index < -0.39 is 17.2 Å². The molecule has 3 N–H and O–H groups in total. The van der Waals surface area contributed by atoms with E-state index in [1.54, 1.807) is 5.38 Å². The maximum Gasteiger partial charge on any atom is 0.360 e. The van der Waals surface area contributed by atoms with Crippen molar-refractivity contribution >= 4 is 28.1 Å². The van der Waals surface area contributed by atoms with Crippen LogP contribution in [0.4, 0.5) is 5.13 Å². The second-order valence-electron chi connectivity index (χ2n) is 6.76. The highest BCUT2D eigenvalue weighted by Gasteiger charge is 2.37. The second kappa shape index (κ2) is 8.81. The van der Waals surface area contributed by atoms with Crippen molar-refractivity contribution in [2.24, 2.45) is 5.16 Å². The fourth-order valence-corrected chi connectivity index (χ4v) is 4.34. The summed E-state index contributed by atoms with van der Waals surface area (Å²) in [5.74, 6) is -1.35. The summed E-state index contributed by atoms with van der Waals surface area (Å²) in [6, 6.07) is 30.0. The van der Waals surface area contributed by atoms with Gasteiger partial charge in [0, 0.05) is 5.38 Å². The van der Waals surface area contributed by atoms with Gasteiger partial charge in [0.05, 0.1) is 0 Å². The highest BCUT2D eigenvalue weighted by Crippen LogP contribution is 2.40. The Balaban J connectivity index is 1.91. The van der Waals surface area contributed by atoms with Crippen LogP contribution in [0.2, 0.25) is 0 Å². The van der Waals surface area contributed by atoms with Crippen LogP contribution in [0.5, 0.6) is 0 Å². The Labute approximate surface area is 183 Å². The Morgan fingerprint density at radius 2 is 1.29 bits per heavy atom. The molecule has 0 unspecified atom stereocenters. The van der Waals surface area contributed by atoms with Crippen LogP contribution in [-0.2, 0) is 10.3 Å². The fraction of sp³-hybridized carbons (Fsp3) is 0.0417. The number of anilines is 1. The maximum atomic E-state index is 11.3. The first-order chi connectivity index (χ1) is 15.1. The lowest BCUT2D eigenvalue weighted by molar-refractivity contribution is -0.129. The van der Waals surface area contributed by atoms with Gasteiger partial charge in [-0.05, 0) is 16.7 Å². The number of carboxylic acids is 1. The molecular formula is C24H19N3O3S. The summed E-state index contributed by atoms with van der Waals surface area (Å²) in [4.78, 5) is 15.7. The number of hydrogen-bond acceptors (Lipinski definition) is 6. The SMILES string of the molecule is O=C(O)/C(=N\O)c1csc(NC(c2ccccc2)(c2ccccc2)c2ccccc2)n1. The summed E-state index contributed by atoms with van der Waals surface area (Å²) in [6.45, 7) is 0. The zero-order valence-corrected chi connectivity index (χ0v) is 17.2. The summed E-state index contributed by atoms with van der Waals surface area (Å²) < 4.78 is 0. The molecule has 0 aliphatic carbocycles. The molecule has 7 heteroatoms. The van der Waals surface area contributed by atoms with E-state index in [4.69, 9.17) is 5.21 Å². The van der Waals surface area contributed by atoms with Crippen molar-refractivity contribution in [3.63, 3.8) is 0 Å². The number of nitrogens with zero attached hydrogens (tertiary/aromatic N) is 2.